The first kappa shape index (κ1) is 104. The number of carbonyl (C=O) groups excluding carboxylic acids is 4. The molecule has 0 saturated carbocycles. The van der Waals surface area contributed by atoms with Gasteiger partial charge < -0.3 is 33.8 Å². The maximum Gasteiger partial charge on any atom is 0.472 e. The third-order valence-electron chi connectivity index (χ3n) is 16.6. The van der Waals surface area contributed by atoms with Gasteiger partial charge in [0.2, 0.25) is 0 Å². The highest BCUT2D eigenvalue weighted by Gasteiger charge is 2.30. The molecule has 0 aromatic rings. The van der Waals surface area contributed by atoms with Crippen molar-refractivity contribution in [2.45, 2.75) is 316 Å². The van der Waals surface area contributed by atoms with E-state index in [9.17, 15) is 43.2 Å². The first-order chi connectivity index (χ1) is 53.7. The van der Waals surface area contributed by atoms with Gasteiger partial charge >= 0.3 is 39.5 Å². The van der Waals surface area contributed by atoms with Crippen molar-refractivity contribution >= 4 is 39.5 Å². The molecule has 0 rings (SSSR count). The molecule has 0 spiro atoms. The number of ether oxygens (including phenoxy) is 4. The van der Waals surface area contributed by atoms with Crippen LogP contribution in [0.1, 0.15) is 297 Å². The minimum atomic E-state index is -5.02. The van der Waals surface area contributed by atoms with Crippen molar-refractivity contribution in [3.05, 3.63) is 194 Å². The normalized spacial score (nSPS) is 14.8. The predicted octanol–water partition coefficient (Wildman–Crippen LogP) is 24.9. The highest BCUT2D eigenvalue weighted by Crippen LogP contribution is 2.45. The van der Waals surface area contributed by atoms with Crippen molar-refractivity contribution < 1.29 is 80.2 Å². The second kappa shape index (κ2) is 80.9. The van der Waals surface area contributed by atoms with E-state index in [4.69, 9.17) is 37.0 Å². The van der Waals surface area contributed by atoms with Crippen LogP contribution < -0.4 is 0 Å². The molecule has 0 fully saturated rings. The number of hydrogen-bond donors (Lipinski definition) is 3. The minimum absolute atomic E-state index is 0.000284. The summed E-state index contributed by atoms with van der Waals surface area (Å²) in [6.45, 7) is 4.34. The summed E-state index contributed by atoms with van der Waals surface area (Å²) in [6.07, 6.45) is 100.0. The van der Waals surface area contributed by atoms with Crippen LogP contribution in [0, 0.1) is 0 Å². The lowest BCUT2D eigenvalue weighted by Gasteiger charge is -2.21. The summed E-state index contributed by atoms with van der Waals surface area (Å²) < 4.78 is 68.6. The van der Waals surface area contributed by atoms with Crippen LogP contribution >= 0.6 is 15.6 Å². The summed E-state index contributed by atoms with van der Waals surface area (Å²) in [7, 11) is -10.0. The molecule has 0 amide bonds. The van der Waals surface area contributed by atoms with Crippen LogP contribution in [0.3, 0.4) is 0 Å². The van der Waals surface area contributed by atoms with E-state index in [1.165, 1.54) is 64.2 Å². The smallest absolute Gasteiger partial charge is 0.462 e. The summed E-state index contributed by atoms with van der Waals surface area (Å²) >= 11 is 0. The molecule has 110 heavy (non-hydrogen) atoms. The average molecular weight is 1570 g/mol. The number of unbranched alkanes of at least 4 members (excludes halogenated alkanes) is 18. The van der Waals surface area contributed by atoms with E-state index in [1.807, 2.05) is 30.4 Å². The molecule has 17 nitrogen and oxygen atoms in total. The Balaban J connectivity index is 5.53. The lowest BCUT2D eigenvalue weighted by molar-refractivity contribution is -0.161. The molecule has 19 heteroatoms. The third-order valence-corrected chi connectivity index (χ3v) is 18.5. The van der Waals surface area contributed by atoms with Gasteiger partial charge in [0.15, 0.2) is 12.2 Å². The van der Waals surface area contributed by atoms with Crippen LogP contribution in [0.4, 0.5) is 0 Å². The Kier molecular flexibility index (Phi) is 76.4. The number of esters is 4. The molecule has 0 aliphatic carbocycles. The maximum atomic E-state index is 13.1. The van der Waals surface area contributed by atoms with Gasteiger partial charge in [0, 0.05) is 25.7 Å². The molecule has 0 aromatic carbocycles. The Morgan fingerprint density at radius 1 is 0.264 bits per heavy atom. The molecular weight excluding hydrogens is 1430 g/mol. The number of rotatable bonds is 76. The summed E-state index contributed by atoms with van der Waals surface area (Å²) in [6, 6.07) is 0. The molecule has 0 aromatic heterocycles. The van der Waals surface area contributed by atoms with E-state index in [-0.39, 0.29) is 25.7 Å². The number of carbonyl (C=O) groups is 4. The highest BCUT2D eigenvalue weighted by atomic mass is 31.2. The van der Waals surface area contributed by atoms with Crippen LogP contribution in [-0.2, 0) is 65.4 Å². The summed E-state index contributed by atoms with van der Waals surface area (Å²) in [5.41, 5.74) is 0. The summed E-state index contributed by atoms with van der Waals surface area (Å²) in [4.78, 5) is 73.1. The predicted molar refractivity (Wildman–Crippen MR) is 454 cm³/mol. The van der Waals surface area contributed by atoms with E-state index < -0.39 is 97.5 Å². The molecule has 0 aliphatic rings. The fourth-order valence-corrected chi connectivity index (χ4v) is 11.9. The second-order valence-electron chi connectivity index (χ2n) is 26.9. The third kappa shape index (κ3) is 80.0. The van der Waals surface area contributed by atoms with Crippen molar-refractivity contribution in [3.63, 3.8) is 0 Å². The van der Waals surface area contributed by atoms with Crippen molar-refractivity contribution in [2.75, 3.05) is 39.6 Å². The van der Waals surface area contributed by atoms with Crippen LogP contribution in [0.25, 0.3) is 0 Å². The Labute approximate surface area is 666 Å². The van der Waals surface area contributed by atoms with Gasteiger partial charge in [0.1, 0.15) is 19.3 Å². The number of phosphoric acid groups is 2. The molecule has 0 heterocycles. The topological polar surface area (TPSA) is 237 Å². The molecule has 622 valence electrons. The van der Waals surface area contributed by atoms with E-state index in [1.54, 1.807) is 0 Å². The molecule has 0 radical (unpaired) electrons. The van der Waals surface area contributed by atoms with Gasteiger partial charge in [-0.1, -0.05) is 318 Å². The second-order valence-corrected chi connectivity index (χ2v) is 29.8. The van der Waals surface area contributed by atoms with E-state index >= 15 is 0 Å². The van der Waals surface area contributed by atoms with E-state index in [0.29, 0.717) is 38.5 Å². The largest absolute Gasteiger partial charge is 0.472 e. The van der Waals surface area contributed by atoms with Crippen LogP contribution in [-0.4, -0.2) is 96.7 Å². The number of aliphatic hydroxyl groups excluding tert-OH is 1. The Hall–Kier alpha value is -6.10. The first-order valence-corrected chi connectivity index (χ1v) is 44.7. The molecule has 0 bridgehead atoms. The van der Waals surface area contributed by atoms with Crippen molar-refractivity contribution in [2.24, 2.45) is 0 Å². The fraction of sp³-hybridized carbons (Fsp3) is 0.604. The van der Waals surface area contributed by atoms with E-state index in [0.717, 1.165) is 141 Å². The van der Waals surface area contributed by atoms with Crippen LogP contribution in [0.15, 0.2) is 194 Å². The van der Waals surface area contributed by atoms with Gasteiger partial charge in [-0.2, -0.15) is 0 Å². The number of aliphatic hydroxyl groups is 1. The van der Waals surface area contributed by atoms with Crippen molar-refractivity contribution in [1.29, 1.82) is 0 Å². The number of phosphoric ester groups is 2. The average Bonchev–Trinajstić information content (AvgIpc) is 0.899. The van der Waals surface area contributed by atoms with Gasteiger partial charge in [-0.15, -0.1) is 0 Å². The monoisotopic (exact) mass is 1570 g/mol. The van der Waals surface area contributed by atoms with Gasteiger partial charge in [-0.3, -0.25) is 37.3 Å². The Morgan fingerprint density at radius 3 is 0.818 bits per heavy atom. The maximum absolute atomic E-state index is 13.1. The zero-order valence-corrected chi connectivity index (χ0v) is 69.9. The first-order valence-electron chi connectivity index (χ1n) is 41.7. The quantitative estimate of drug-likeness (QED) is 0.0169. The molecule has 5 unspecified atom stereocenters. The fourth-order valence-electron chi connectivity index (χ4n) is 10.4. The lowest BCUT2D eigenvalue weighted by atomic mass is 10.0. The van der Waals surface area contributed by atoms with Crippen LogP contribution in [0.5, 0.6) is 0 Å². The van der Waals surface area contributed by atoms with Gasteiger partial charge in [0.05, 0.1) is 26.4 Å². The molecule has 3 N–H and O–H groups in total. The molecule has 5 atom stereocenters. The zero-order valence-electron chi connectivity index (χ0n) is 68.1. The highest BCUT2D eigenvalue weighted by molar-refractivity contribution is 7.47. The summed E-state index contributed by atoms with van der Waals surface area (Å²) in [5.74, 6) is -2.39. The van der Waals surface area contributed by atoms with Crippen LogP contribution in [0.2, 0.25) is 0 Å². The molecule has 0 saturated heterocycles. The van der Waals surface area contributed by atoms with Crippen molar-refractivity contribution in [1.82, 2.24) is 0 Å². The number of allylic oxidation sites excluding steroid dienone is 32. The Bertz CT molecular complexity index is 2850. The standard InChI is InChI=1S/C91H146O17P2/c1-5-9-13-17-21-25-29-33-37-40-42-45-48-51-55-59-63-67-71-75-88(93)101-81-86(107-90(95)77-73-69-65-61-57-53-47-36-32-28-24-20-16-12-8-4)83-105-109(97,98)103-79-85(92)80-104-110(99,100)106-84-87(108-91(96)78-74-70-66-62-58-54-50-44-39-35-31-27-23-19-15-11-7-3)82-102-89(94)76-72-68-64-60-56-52-49-46-43-41-38-34-30-26-22-18-14-10-6-2/h9-11,13-15,21-23,25-27,33-35,37-39,42-43,45-46,50-52,54-56,62-63,66-67,85-87,92H,5-8,12,16-20,24,28-32,36,40-41,44,47-49,53,57-61,64-65,68-84H2,1-4H3,(H,97,98)(H,99,100)/b13-9-,14-10-,15-11-,25-21-,26-22-,27-23-,37-33-,38-34-,39-35-,45-42-,46-43-,54-50-,55-51-,56-52-,66-62-,67-63-. The molecule has 0 aliphatic heterocycles. The lowest BCUT2D eigenvalue weighted by Crippen LogP contribution is -2.30. The minimum Gasteiger partial charge on any atom is -0.462 e. The zero-order chi connectivity index (χ0) is 80.3. The molecular formula is C91H146O17P2. The SMILES string of the molecule is CC/C=C\C/C=C\C/C=C\C/C=C\C/C=C\C/C=C\CCC(=O)OCC(COP(=O)(O)OCC(O)COP(=O)(O)OCC(COC(=O)CCCCC/C=C\C/C=C\C/C=C\C/C=C\C/C=C\CC)OC(=O)CCC/C=C\C/C=C\C/C=C\C/C=C\C/C=C\CC)OC(=O)CCCCCCCCCCCCCCCCC. The van der Waals surface area contributed by atoms with Gasteiger partial charge in [-0.05, 0) is 148 Å². The van der Waals surface area contributed by atoms with Gasteiger partial charge in [0.25, 0.3) is 0 Å². The summed E-state index contributed by atoms with van der Waals surface area (Å²) in [5, 5.41) is 10.7. The Morgan fingerprint density at radius 2 is 0.500 bits per heavy atom. The number of hydrogen-bond acceptors (Lipinski definition) is 15. The van der Waals surface area contributed by atoms with Gasteiger partial charge in [-0.25, -0.2) is 9.13 Å². The van der Waals surface area contributed by atoms with Crippen molar-refractivity contribution in [3.8, 4) is 0 Å². The van der Waals surface area contributed by atoms with E-state index in [2.05, 4.69) is 192 Å².